The minimum Gasteiger partial charge on any atom is -0.480 e. The first-order valence-electron chi connectivity index (χ1n) is 5.61. The van der Waals surface area contributed by atoms with Crippen molar-refractivity contribution < 1.29 is 9.90 Å². The van der Waals surface area contributed by atoms with Crippen molar-refractivity contribution in [1.82, 2.24) is 5.32 Å². The molecule has 1 aliphatic heterocycles. The van der Waals surface area contributed by atoms with Crippen LogP contribution in [0.5, 0.6) is 0 Å². The van der Waals surface area contributed by atoms with Crippen LogP contribution in [0.15, 0.2) is 17.5 Å². The fraction of sp³-hybridized carbons (Fsp3) is 0.583. The van der Waals surface area contributed by atoms with E-state index in [-0.39, 0.29) is 0 Å². The summed E-state index contributed by atoms with van der Waals surface area (Å²) in [4.78, 5) is 12.5. The van der Waals surface area contributed by atoms with Crippen LogP contribution >= 0.6 is 11.3 Å². The fourth-order valence-electron chi connectivity index (χ4n) is 2.35. The largest absolute Gasteiger partial charge is 0.480 e. The summed E-state index contributed by atoms with van der Waals surface area (Å²) < 4.78 is 0. The van der Waals surface area contributed by atoms with E-state index in [1.165, 1.54) is 4.88 Å². The molecule has 1 saturated heterocycles. The molecule has 2 heterocycles. The van der Waals surface area contributed by atoms with Crippen LogP contribution in [0.3, 0.4) is 0 Å². The molecule has 2 unspecified atom stereocenters. The highest BCUT2D eigenvalue weighted by Gasteiger charge is 2.38. The zero-order chi connectivity index (χ0) is 11.6. The average molecular weight is 239 g/mol. The quantitative estimate of drug-likeness (QED) is 0.849. The molecule has 2 atom stereocenters. The van der Waals surface area contributed by atoms with Gasteiger partial charge in [0.15, 0.2) is 0 Å². The lowest BCUT2D eigenvalue weighted by atomic mass is 9.81. The predicted octanol–water partition coefficient (Wildman–Crippen LogP) is 2.13. The molecule has 16 heavy (non-hydrogen) atoms. The third kappa shape index (κ3) is 2.44. The van der Waals surface area contributed by atoms with Gasteiger partial charge in [0, 0.05) is 4.88 Å². The van der Waals surface area contributed by atoms with E-state index in [2.05, 4.69) is 22.8 Å². The van der Waals surface area contributed by atoms with Gasteiger partial charge in [-0.15, -0.1) is 11.3 Å². The maximum atomic E-state index is 11.2. The lowest BCUT2D eigenvalue weighted by Crippen LogP contribution is -2.54. The molecule has 1 fully saturated rings. The minimum absolute atomic E-state index is 0.487. The Kier molecular flexibility index (Phi) is 3.30. The summed E-state index contributed by atoms with van der Waals surface area (Å²) in [6.07, 6.45) is 2.81. The fourth-order valence-corrected chi connectivity index (χ4v) is 3.18. The number of carbonyl (C=O) groups is 1. The molecule has 4 heteroatoms. The standard InChI is InChI=1S/C12H17NO2S/c1-12(11(14)15)8-9(4-5-13-12)7-10-3-2-6-16-10/h2-3,6,9,13H,4-5,7-8H2,1H3,(H,14,15). The second kappa shape index (κ2) is 4.55. The van der Waals surface area contributed by atoms with Gasteiger partial charge in [-0.05, 0) is 50.1 Å². The molecule has 0 saturated carbocycles. The van der Waals surface area contributed by atoms with Gasteiger partial charge >= 0.3 is 5.97 Å². The van der Waals surface area contributed by atoms with E-state index in [0.29, 0.717) is 5.92 Å². The lowest BCUT2D eigenvalue weighted by molar-refractivity contribution is -0.145. The molecule has 88 valence electrons. The Morgan fingerprint density at radius 2 is 2.56 bits per heavy atom. The molecule has 0 aromatic carbocycles. The van der Waals surface area contributed by atoms with E-state index in [0.717, 1.165) is 25.8 Å². The van der Waals surface area contributed by atoms with Crippen LogP contribution < -0.4 is 5.32 Å². The first-order chi connectivity index (χ1) is 7.60. The van der Waals surface area contributed by atoms with Crippen LogP contribution in [0.4, 0.5) is 0 Å². The van der Waals surface area contributed by atoms with Gasteiger partial charge in [-0.3, -0.25) is 4.79 Å². The summed E-state index contributed by atoms with van der Waals surface area (Å²) in [6, 6.07) is 4.18. The van der Waals surface area contributed by atoms with Crippen molar-refractivity contribution in [2.24, 2.45) is 5.92 Å². The van der Waals surface area contributed by atoms with Crippen molar-refractivity contribution in [3.63, 3.8) is 0 Å². The van der Waals surface area contributed by atoms with Crippen LogP contribution in [-0.4, -0.2) is 23.2 Å². The minimum atomic E-state index is -0.736. The molecular weight excluding hydrogens is 222 g/mol. The average Bonchev–Trinajstić information content (AvgIpc) is 2.70. The van der Waals surface area contributed by atoms with Gasteiger partial charge in [0.25, 0.3) is 0 Å². The van der Waals surface area contributed by atoms with E-state index in [1.54, 1.807) is 18.3 Å². The smallest absolute Gasteiger partial charge is 0.323 e. The first-order valence-corrected chi connectivity index (χ1v) is 6.49. The van der Waals surface area contributed by atoms with Gasteiger partial charge in [0.05, 0.1) is 0 Å². The van der Waals surface area contributed by atoms with Crippen molar-refractivity contribution in [2.45, 2.75) is 31.7 Å². The third-order valence-corrected chi connectivity index (χ3v) is 4.21. The Morgan fingerprint density at radius 3 is 3.19 bits per heavy atom. The topological polar surface area (TPSA) is 49.3 Å². The molecule has 3 nitrogen and oxygen atoms in total. The van der Waals surface area contributed by atoms with Gasteiger partial charge in [0.1, 0.15) is 5.54 Å². The third-order valence-electron chi connectivity index (χ3n) is 3.31. The Hall–Kier alpha value is -0.870. The summed E-state index contributed by atoms with van der Waals surface area (Å²) in [7, 11) is 0. The van der Waals surface area contributed by atoms with E-state index < -0.39 is 11.5 Å². The number of rotatable bonds is 3. The van der Waals surface area contributed by atoms with Crippen LogP contribution in [0.1, 0.15) is 24.6 Å². The molecule has 2 rings (SSSR count). The number of hydrogen-bond donors (Lipinski definition) is 2. The summed E-state index contributed by atoms with van der Waals surface area (Å²) in [5.41, 5.74) is -0.736. The van der Waals surface area contributed by atoms with Crippen molar-refractivity contribution in [1.29, 1.82) is 0 Å². The van der Waals surface area contributed by atoms with Crippen LogP contribution in [0.2, 0.25) is 0 Å². The van der Waals surface area contributed by atoms with E-state index >= 15 is 0 Å². The molecule has 0 spiro atoms. The molecule has 2 N–H and O–H groups in total. The summed E-state index contributed by atoms with van der Waals surface area (Å²) >= 11 is 1.76. The first kappa shape index (κ1) is 11.6. The number of aliphatic carboxylic acids is 1. The van der Waals surface area contributed by atoms with Crippen molar-refractivity contribution in [3.8, 4) is 0 Å². The molecule has 0 aliphatic carbocycles. The van der Waals surface area contributed by atoms with Crippen molar-refractivity contribution >= 4 is 17.3 Å². The molecule has 1 aromatic rings. The molecule has 1 aromatic heterocycles. The SMILES string of the molecule is CC1(C(=O)O)CC(Cc2cccs2)CCN1. The number of nitrogens with one attached hydrogen (secondary N) is 1. The van der Waals surface area contributed by atoms with Gasteiger partial charge in [-0.2, -0.15) is 0 Å². The number of hydrogen-bond acceptors (Lipinski definition) is 3. The van der Waals surface area contributed by atoms with Crippen LogP contribution in [-0.2, 0) is 11.2 Å². The van der Waals surface area contributed by atoms with E-state index in [1.807, 2.05) is 0 Å². The molecule has 1 aliphatic rings. The second-order valence-corrected chi connectivity index (χ2v) is 5.74. The Balaban J connectivity index is 1.99. The van der Waals surface area contributed by atoms with Crippen LogP contribution in [0, 0.1) is 5.92 Å². The number of carboxylic acid groups (broad SMARTS) is 1. The summed E-state index contributed by atoms with van der Waals surface area (Å²) in [5, 5.41) is 14.4. The maximum Gasteiger partial charge on any atom is 0.323 e. The van der Waals surface area contributed by atoms with Crippen molar-refractivity contribution in [3.05, 3.63) is 22.4 Å². The van der Waals surface area contributed by atoms with Gasteiger partial charge in [-0.1, -0.05) is 6.07 Å². The molecule has 0 bridgehead atoms. The zero-order valence-electron chi connectivity index (χ0n) is 9.40. The van der Waals surface area contributed by atoms with Crippen LogP contribution in [0.25, 0.3) is 0 Å². The predicted molar refractivity (Wildman–Crippen MR) is 64.8 cm³/mol. The monoisotopic (exact) mass is 239 g/mol. The Morgan fingerprint density at radius 1 is 1.75 bits per heavy atom. The maximum absolute atomic E-state index is 11.2. The van der Waals surface area contributed by atoms with Gasteiger partial charge in [-0.25, -0.2) is 0 Å². The molecule has 0 radical (unpaired) electrons. The van der Waals surface area contributed by atoms with E-state index in [4.69, 9.17) is 0 Å². The number of carboxylic acids is 1. The highest BCUT2D eigenvalue weighted by Crippen LogP contribution is 2.28. The lowest BCUT2D eigenvalue weighted by Gasteiger charge is -2.35. The Labute approximate surface area is 99.5 Å². The summed E-state index contributed by atoms with van der Waals surface area (Å²) in [5.74, 6) is -0.246. The van der Waals surface area contributed by atoms with Gasteiger partial charge < -0.3 is 10.4 Å². The van der Waals surface area contributed by atoms with Gasteiger partial charge in [0.2, 0.25) is 0 Å². The normalized spacial score (nSPS) is 30.2. The summed E-state index contributed by atoms with van der Waals surface area (Å²) in [6.45, 7) is 2.59. The number of piperidine rings is 1. The highest BCUT2D eigenvalue weighted by atomic mass is 32.1. The zero-order valence-corrected chi connectivity index (χ0v) is 10.2. The van der Waals surface area contributed by atoms with Crippen molar-refractivity contribution in [2.75, 3.05) is 6.54 Å². The molecular formula is C12H17NO2S. The Bertz CT molecular complexity index is 363. The molecule has 0 amide bonds. The highest BCUT2D eigenvalue weighted by molar-refractivity contribution is 7.09. The second-order valence-electron chi connectivity index (χ2n) is 4.71. The van der Waals surface area contributed by atoms with E-state index in [9.17, 15) is 9.90 Å². The number of thiophene rings is 1.